The maximum Gasteiger partial charge on any atom is 0.417 e. The number of nitrogens with zero attached hydrogens (tertiary/aromatic N) is 3. The second-order valence-corrected chi connectivity index (χ2v) is 12.5. The molecule has 0 bridgehead atoms. The van der Waals surface area contributed by atoms with Crippen LogP contribution in [0, 0.1) is 25.2 Å². The van der Waals surface area contributed by atoms with Crippen molar-refractivity contribution in [1.29, 1.82) is 5.26 Å². The average Bonchev–Trinajstić information content (AvgIpc) is 3.58. The molecular formula is C41H25F6N3. The number of alkyl halides is 6. The van der Waals surface area contributed by atoms with Gasteiger partial charge in [0.05, 0.1) is 56.2 Å². The molecule has 0 atom stereocenters. The Morgan fingerprint density at radius 2 is 1.00 bits per heavy atom. The molecule has 246 valence electrons. The molecule has 0 saturated heterocycles. The third-order valence-electron chi connectivity index (χ3n) is 9.29. The lowest BCUT2D eigenvalue weighted by atomic mass is 9.92. The standard InChI is InChI=1S/C41H25F6N3/c1-23-11-14-29-27-7-3-5-9-33(27)49(35(29)17-23)37-19-25(22-48)20-38(39(37)31-16-13-26(40(42,43)44)21-32(31)41(45,46)47)50-34-10-6-4-8-28(34)30-15-12-24(2)18-36(30)50/h3-21H,1-2H3. The van der Waals surface area contributed by atoms with Crippen molar-refractivity contribution in [3.63, 3.8) is 0 Å². The van der Waals surface area contributed by atoms with Crippen LogP contribution in [0.3, 0.4) is 0 Å². The molecule has 8 rings (SSSR count). The Kier molecular flexibility index (Phi) is 6.88. The second kappa shape index (κ2) is 11.0. The van der Waals surface area contributed by atoms with Gasteiger partial charge >= 0.3 is 12.4 Å². The number of aryl methyl sites for hydroxylation is 2. The number of benzene rings is 6. The summed E-state index contributed by atoms with van der Waals surface area (Å²) in [6, 6.07) is 33.4. The lowest BCUT2D eigenvalue weighted by Crippen LogP contribution is -2.14. The Labute approximate surface area is 281 Å². The smallest absolute Gasteiger partial charge is 0.308 e. The van der Waals surface area contributed by atoms with Crippen molar-refractivity contribution in [3.05, 3.63) is 143 Å². The minimum absolute atomic E-state index is 0.0263. The normalized spacial score (nSPS) is 12.4. The number of nitriles is 1. The molecule has 2 aromatic heterocycles. The monoisotopic (exact) mass is 673 g/mol. The molecule has 9 heteroatoms. The highest BCUT2D eigenvalue weighted by Gasteiger charge is 2.39. The van der Waals surface area contributed by atoms with E-state index in [2.05, 4.69) is 6.07 Å². The van der Waals surface area contributed by atoms with E-state index in [9.17, 15) is 18.4 Å². The molecule has 0 amide bonds. The molecule has 50 heavy (non-hydrogen) atoms. The fourth-order valence-corrected chi connectivity index (χ4v) is 7.16. The number of para-hydroxylation sites is 2. The fraction of sp³-hybridized carbons (Fsp3) is 0.0976. The number of fused-ring (bicyclic) bond motifs is 6. The van der Waals surface area contributed by atoms with Gasteiger partial charge in [0.1, 0.15) is 0 Å². The summed E-state index contributed by atoms with van der Waals surface area (Å²) in [6.07, 6.45) is -10.2. The molecule has 3 nitrogen and oxygen atoms in total. The van der Waals surface area contributed by atoms with Crippen LogP contribution in [-0.4, -0.2) is 9.13 Å². The molecule has 0 spiro atoms. The predicted octanol–water partition coefficient (Wildman–Crippen LogP) is 12.1. The molecule has 0 saturated carbocycles. The Hall–Kier alpha value is -6.01. The van der Waals surface area contributed by atoms with Crippen LogP contribution in [0.15, 0.2) is 115 Å². The summed E-state index contributed by atoms with van der Waals surface area (Å²) in [5, 5.41) is 13.7. The van der Waals surface area contributed by atoms with E-state index < -0.39 is 29.0 Å². The van der Waals surface area contributed by atoms with Crippen molar-refractivity contribution in [3.8, 4) is 28.6 Å². The zero-order valence-electron chi connectivity index (χ0n) is 26.6. The summed E-state index contributed by atoms with van der Waals surface area (Å²) in [4.78, 5) is 0. The maximum atomic E-state index is 15.1. The van der Waals surface area contributed by atoms with Gasteiger partial charge in [-0.05, 0) is 79.1 Å². The van der Waals surface area contributed by atoms with Gasteiger partial charge in [-0.3, -0.25) is 0 Å². The molecule has 0 unspecified atom stereocenters. The van der Waals surface area contributed by atoms with E-state index in [0.717, 1.165) is 38.7 Å². The summed E-state index contributed by atoms with van der Waals surface area (Å²) >= 11 is 0. The molecular weight excluding hydrogens is 648 g/mol. The van der Waals surface area contributed by atoms with E-state index in [1.54, 1.807) is 0 Å². The molecule has 8 aromatic rings. The van der Waals surface area contributed by atoms with Gasteiger partial charge in [0, 0.05) is 27.1 Å². The van der Waals surface area contributed by atoms with Gasteiger partial charge in [0.25, 0.3) is 0 Å². The van der Waals surface area contributed by atoms with E-state index in [1.807, 2.05) is 108 Å². The van der Waals surface area contributed by atoms with Gasteiger partial charge in [0.2, 0.25) is 0 Å². The first-order valence-electron chi connectivity index (χ1n) is 15.7. The van der Waals surface area contributed by atoms with E-state index in [1.165, 1.54) is 12.1 Å². The minimum Gasteiger partial charge on any atom is -0.308 e. The summed E-state index contributed by atoms with van der Waals surface area (Å²) in [6.45, 7) is 3.80. The Morgan fingerprint density at radius 1 is 0.520 bits per heavy atom. The van der Waals surface area contributed by atoms with Gasteiger partial charge in [-0.2, -0.15) is 31.6 Å². The van der Waals surface area contributed by atoms with Gasteiger partial charge in [-0.25, -0.2) is 0 Å². The molecule has 0 aliphatic carbocycles. The van der Waals surface area contributed by atoms with E-state index in [-0.39, 0.29) is 28.6 Å². The lowest BCUT2D eigenvalue weighted by molar-refractivity contribution is -0.142. The van der Waals surface area contributed by atoms with E-state index >= 15 is 13.2 Å². The molecule has 0 aliphatic rings. The van der Waals surface area contributed by atoms with Crippen LogP contribution in [-0.2, 0) is 12.4 Å². The van der Waals surface area contributed by atoms with Crippen molar-refractivity contribution >= 4 is 43.6 Å². The summed E-state index contributed by atoms with van der Waals surface area (Å²) in [7, 11) is 0. The number of hydrogen-bond donors (Lipinski definition) is 0. The highest BCUT2D eigenvalue weighted by Crippen LogP contribution is 2.47. The molecule has 0 radical (unpaired) electrons. The van der Waals surface area contributed by atoms with Crippen LogP contribution in [0.5, 0.6) is 0 Å². The Morgan fingerprint density at radius 3 is 1.46 bits per heavy atom. The Bertz CT molecular complexity index is 2580. The van der Waals surface area contributed by atoms with Crippen molar-refractivity contribution in [2.75, 3.05) is 0 Å². The van der Waals surface area contributed by atoms with Crippen molar-refractivity contribution in [2.24, 2.45) is 0 Å². The van der Waals surface area contributed by atoms with Gasteiger partial charge in [0.15, 0.2) is 0 Å². The zero-order chi connectivity index (χ0) is 35.1. The summed E-state index contributed by atoms with van der Waals surface area (Å²) in [5.74, 6) is 0. The molecule has 0 aliphatic heterocycles. The van der Waals surface area contributed by atoms with Gasteiger partial charge in [-0.1, -0.05) is 66.7 Å². The first-order valence-corrected chi connectivity index (χ1v) is 15.7. The highest BCUT2D eigenvalue weighted by molar-refractivity contribution is 6.12. The fourth-order valence-electron chi connectivity index (χ4n) is 7.16. The first-order chi connectivity index (χ1) is 23.8. The van der Waals surface area contributed by atoms with Crippen LogP contribution in [0.25, 0.3) is 66.1 Å². The Balaban J connectivity index is 1.64. The SMILES string of the molecule is Cc1ccc2c3ccccc3n(-c3cc(C#N)cc(-n4c5ccccc5c5ccc(C)cc54)c3-c3ccc(C(F)(F)F)cc3C(F)(F)F)c2c1. The van der Waals surface area contributed by atoms with E-state index in [4.69, 9.17) is 0 Å². The third-order valence-corrected chi connectivity index (χ3v) is 9.29. The summed E-state index contributed by atoms with van der Waals surface area (Å²) < 4.78 is 90.7. The number of rotatable bonds is 3. The zero-order valence-corrected chi connectivity index (χ0v) is 26.6. The van der Waals surface area contributed by atoms with Crippen LogP contribution in [0.1, 0.15) is 27.8 Å². The van der Waals surface area contributed by atoms with Crippen LogP contribution in [0.4, 0.5) is 26.3 Å². The molecule has 0 fully saturated rings. The number of aromatic nitrogens is 2. The number of hydrogen-bond acceptors (Lipinski definition) is 1. The quantitative estimate of drug-likeness (QED) is 0.172. The largest absolute Gasteiger partial charge is 0.417 e. The van der Waals surface area contributed by atoms with E-state index in [0.29, 0.717) is 28.1 Å². The third kappa shape index (κ3) is 4.82. The number of halogens is 6. The minimum atomic E-state index is -5.16. The molecule has 0 N–H and O–H groups in total. The van der Waals surface area contributed by atoms with Crippen molar-refractivity contribution in [2.45, 2.75) is 26.2 Å². The first kappa shape index (κ1) is 31.3. The summed E-state index contributed by atoms with van der Waals surface area (Å²) in [5.41, 5.74) is 1.79. The van der Waals surface area contributed by atoms with Crippen LogP contribution in [0.2, 0.25) is 0 Å². The maximum absolute atomic E-state index is 15.1. The van der Waals surface area contributed by atoms with Gasteiger partial charge in [-0.15, -0.1) is 0 Å². The van der Waals surface area contributed by atoms with Crippen molar-refractivity contribution < 1.29 is 26.3 Å². The highest BCUT2D eigenvalue weighted by atomic mass is 19.4. The van der Waals surface area contributed by atoms with Crippen LogP contribution >= 0.6 is 0 Å². The second-order valence-electron chi connectivity index (χ2n) is 12.5. The topological polar surface area (TPSA) is 33.6 Å². The predicted molar refractivity (Wildman–Crippen MR) is 185 cm³/mol. The molecule has 2 heterocycles. The van der Waals surface area contributed by atoms with Crippen LogP contribution < -0.4 is 0 Å². The van der Waals surface area contributed by atoms with Gasteiger partial charge < -0.3 is 9.13 Å². The van der Waals surface area contributed by atoms with Crippen molar-refractivity contribution in [1.82, 2.24) is 9.13 Å². The average molecular weight is 674 g/mol. The lowest BCUT2D eigenvalue weighted by Gasteiger charge is -2.24. The molecule has 6 aromatic carbocycles.